The monoisotopic (exact) mass is 684 g/mol. The van der Waals surface area contributed by atoms with Crippen LogP contribution in [0.25, 0.3) is 0 Å². The van der Waals surface area contributed by atoms with Crippen molar-refractivity contribution >= 4 is 23.5 Å². The molecule has 0 aliphatic heterocycles. The van der Waals surface area contributed by atoms with Gasteiger partial charge in [0.15, 0.2) is 0 Å². The standard InChI is InChI=1S/C39H73NO8/c1-40(2)33-37(48-30-26-22-18-14-10-6-8-12-16-20-24-28-36(42)32-39(44)46-4)34-47-29-25-21-17-13-9-5-7-11-15-19-23-27-35(41)31-38(43)45-3/h37H,5-34H2,1-4H3. The van der Waals surface area contributed by atoms with Crippen molar-refractivity contribution in [1.82, 2.24) is 4.90 Å². The van der Waals surface area contributed by atoms with Crippen molar-refractivity contribution in [3.8, 4) is 0 Å². The lowest BCUT2D eigenvalue weighted by atomic mass is 10.0. The molecular weight excluding hydrogens is 610 g/mol. The van der Waals surface area contributed by atoms with E-state index in [1.54, 1.807) is 0 Å². The van der Waals surface area contributed by atoms with Gasteiger partial charge in [-0.05, 0) is 39.8 Å². The molecule has 0 saturated heterocycles. The van der Waals surface area contributed by atoms with E-state index in [4.69, 9.17) is 9.47 Å². The Hall–Kier alpha value is -1.84. The van der Waals surface area contributed by atoms with Crippen LogP contribution in [0, 0.1) is 0 Å². The molecule has 0 rings (SSSR count). The van der Waals surface area contributed by atoms with Gasteiger partial charge in [0.05, 0.1) is 26.9 Å². The number of nitrogens with zero attached hydrogens (tertiary/aromatic N) is 1. The van der Waals surface area contributed by atoms with E-state index in [-0.39, 0.29) is 30.5 Å². The third kappa shape index (κ3) is 34.0. The van der Waals surface area contributed by atoms with Gasteiger partial charge in [-0.3, -0.25) is 19.2 Å². The van der Waals surface area contributed by atoms with Crippen LogP contribution in [0.3, 0.4) is 0 Å². The molecule has 0 N–H and O–H groups in total. The second-order valence-corrected chi connectivity index (χ2v) is 13.7. The van der Waals surface area contributed by atoms with Gasteiger partial charge in [0.1, 0.15) is 24.4 Å². The number of methoxy groups -OCH3 is 2. The second-order valence-electron chi connectivity index (χ2n) is 13.7. The lowest BCUT2D eigenvalue weighted by Gasteiger charge is -2.21. The topological polar surface area (TPSA) is 108 Å². The average molecular weight is 684 g/mol. The molecule has 0 saturated carbocycles. The minimum Gasteiger partial charge on any atom is -0.469 e. The van der Waals surface area contributed by atoms with Gasteiger partial charge in [0.25, 0.3) is 0 Å². The van der Waals surface area contributed by atoms with E-state index in [2.05, 4.69) is 28.5 Å². The van der Waals surface area contributed by atoms with E-state index in [1.165, 1.54) is 117 Å². The Bertz CT molecular complexity index is 788. The zero-order chi connectivity index (χ0) is 35.5. The summed E-state index contributed by atoms with van der Waals surface area (Å²) >= 11 is 0. The van der Waals surface area contributed by atoms with E-state index in [1.807, 2.05) is 0 Å². The van der Waals surface area contributed by atoms with Crippen molar-refractivity contribution in [2.75, 3.05) is 54.7 Å². The predicted octanol–water partition coefficient (Wildman–Crippen LogP) is 8.58. The zero-order valence-electron chi connectivity index (χ0n) is 31.5. The van der Waals surface area contributed by atoms with Crippen LogP contribution in [0.5, 0.6) is 0 Å². The van der Waals surface area contributed by atoms with Crippen molar-refractivity contribution in [3.05, 3.63) is 0 Å². The number of carbonyl (C=O) groups excluding carboxylic acids is 4. The first-order valence-corrected chi connectivity index (χ1v) is 19.3. The van der Waals surface area contributed by atoms with Gasteiger partial charge in [-0.25, -0.2) is 0 Å². The molecule has 0 spiro atoms. The van der Waals surface area contributed by atoms with E-state index in [9.17, 15) is 19.2 Å². The molecule has 0 radical (unpaired) electrons. The predicted molar refractivity (Wildman–Crippen MR) is 193 cm³/mol. The first kappa shape index (κ1) is 46.2. The molecule has 1 unspecified atom stereocenters. The molecule has 1 atom stereocenters. The summed E-state index contributed by atoms with van der Waals surface area (Å²) in [4.78, 5) is 47.6. The Labute approximate surface area is 293 Å². The van der Waals surface area contributed by atoms with Crippen LogP contribution in [-0.2, 0) is 38.1 Å². The Morgan fingerprint density at radius 2 is 0.812 bits per heavy atom. The van der Waals surface area contributed by atoms with Crippen molar-refractivity contribution in [2.24, 2.45) is 0 Å². The fourth-order valence-corrected chi connectivity index (χ4v) is 5.80. The summed E-state index contributed by atoms with van der Waals surface area (Å²) in [5.41, 5.74) is 0. The highest BCUT2D eigenvalue weighted by atomic mass is 16.5. The van der Waals surface area contributed by atoms with Crippen LogP contribution in [0.15, 0.2) is 0 Å². The highest BCUT2D eigenvalue weighted by Gasteiger charge is 2.12. The Morgan fingerprint density at radius 3 is 1.17 bits per heavy atom. The van der Waals surface area contributed by atoms with Crippen LogP contribution < -0.4 is 0 Å². The van der Waals surface area contributed by atoms with Crippen molar-refractivity contribution in [3.63, 3.8) is 0 Å². The van der Waals surface area contributed by atoms with Crippen LogP contribution in [0.2, 0.25) is 0 Å². The van der Waals surface area contributed by atoms with E-state index in [0.717, 1.165) is 58.3 Å². The number of esters is 2. The molecule has 0 amide bonds. The van der Waals surface area contributed by atoms with Gasteiger partial charge in [-0.1, -0.05) is 116 Å². The number of ether oxygens (including phenoxy) is 4. The van der Waals surface area contributed by atoms with Gasteiger partial charge < -0.3 is 23.8 Å². The number of unbranched alkanes of at least 4 members (excludes halogenated alkanes) is 20. The van der Waals surface area contributed by atoms with Crippen LogP contribution >= 0.6 is 0 Å². The van der Waals surface area contributed by atoms with Crippen LogP contribution in [0.4, 0.5) is 0 Å². The molecule has 0 heterocycles. The molecule has 0 aliphatic carbocycles. The summed E-state index contributed by atoms with van der Waals surface area (Å²) in [6, 6.07) is 0. The summed E-state index contributed by atoms with van der Waals surface area (Å²) < 4.78 is 21.2. The molecule has 0 aromatic rings. The minimum absolute atomic E-state index is 0.0115. The first-order chi connectivity index (χ1) is 23.3. The zero-order valence-corrected chi connectivity index (χ0v) is 31.5. The summed E-state index contributed by atoms with van der Waals surface area (Å²) in [7, 11) is 6.81. The summed E-state index contributed by atoms with van der Waals surface area (Å²) in [6.07, 6.45) is 27.1. The van der Waals surface area contributed by atoms with Crippen molar-refractivity contribution in [1.29, 1.82) is 0 Å². The molecule has 282 valence electrons. The summed E-state index contributed by atoms with van der Waals surface area (Å²) in [5.74, 6) is -0.892. The van der Waals surface area contributed by atoms with Gasteiger partial charge in [0, 0.05) is 32.6 Å². The molecule has 0 aromatic carbocycles. The summed E-state index contributed by atoms with van der Waals surface area (Å²) in [5, 5.41) is 0. The molecule has 0 fully saturated rings. The van der Waals surface area contributed by atoms with Crippen LogP contribution in [0.1, 0.15) is 167 Å². The molecule has 0 bridgehead atoms. The molecule has 9 heteroatoms. The fraction of sp³-hybridized carbons (Fsp3) is 0.897. The molecule has 9 nitrogen and oxygen atoms in total. The lowest BCUT2D eigenvalue weighted by molar-refractivity contribution is -0.144. The van der Waals surface area contributed by atoms with E-state index < -0.39 is 11.9 Å². The minimum atomic E-state index is -0.434. The van der Waals surface area contributed by atoms with E-state index in [0.29, 0.717) is 19.4 Å². The Kier molecular flexibility index (Phi) is 33.7. The van der Waals surface area contributed by atoms with Gasteiger partial charge >= 0.3 is 11.9 Å². The summed E-state index contributed by atoms with van der Waals surface area (Å²) in [6.45, 7) is 3.17. The molecule has 0 aromatic heterocycles. The number of hydrogen-bond acceptors (Lipinski definition) is 9. The fourth-order valence-electron chi connectivity index (χ4n) is 5.80. The van der Waals surface area contributed by atoms with Crippen molar-refractivity contribution < 1.29 is 38.1 Å². The van der Waals surface area contributed by atoms with Gasteiger partial charge in [-0.15, -0.1) is 0 Å². The molecule has 48 heavy (non-hydrogen) atoms. The normalized spacial score (nSPS) is 11.9. The third-order valence-electron chi connectivity index (χ3n) is 8.71. The SMILES string of the molecule is COC(=O)CC(=O)CCCCCCCCCCCCCOCC(CN(C)C)OCCCCCCCCCCCCCC(=O)CC(=O)OC. The maximum absolute atomic E-state index is 11.6. The quantitative estimate of drug-likeness (QED) is 0.0361. The third-order valence-corrected chi connectivity index (χ3v) is 8.71. The molecular formula is C39H73NO8. The number of ketones is 2. The van der Waals surface area contributed by atoms with Crippen molar-refractivity contribution in [2.45, 2.75) is 173 Å². The number of carbonyl (C=O) groups is 4. The maximum atomic E-state index is 11.6. The first-order valence-electron chi connectivity index (χ1n) is 19.3. The van der Waals surface area contributed by atoms with E-state index >= 15 is 0 Å². The number of hydrogen-bond donors (Lipinski definition) is 0. The Balaban J connectivity index is 3.54. The van der Waals surface area contributed by atoms with Crippen LogP contribution in [-0.4, -0.2) is 89.2 Å². The average Bonchev–Trinajstić information content (AvgIpc) is 3.05. The van der Waals surface area contributed by atoms with Gasteiger partial charge in [0.2, 0.25) is 0 Å². The Morgan fingerprint density at radius 1 is 0.479 bits per heavy atom. The lowest BCUT2D eigenvalue weighted by Crippen LogP contribution is -2.32. The van der Waals surface area contributed by atoms with Gasteiger partial charge in [-0.2, -0.15) is 0 Å². The second kappa shape index (κ2) is 35.0. The smallest absolute Gasteiger partial charge is 0.313 e. The molecule has 0 aliphatic rings. The number of rotatable bonds is 37. The number of Topliss-reactive ketones (excluding diaryl/α,β-unsaturated/α-hetero) is 2. The number of likely N-dealkylation sites (N-methyl/N-ethyl adjacent to an activating group) is 1. The maximum Gasteiger partial charge on any atom is 0.313 e. The highest BCUT2D eigenvalue weighted by molar-refractivity contribution is 5.95. The highest BCUT2D eigenvalue weighted by Crippen LogP contribution is 2.14. The largest absolute Gasteiger partial charge is 0.469 e.